The topological polar surface area (TPSA) is 50.8 Å². The van der Waals surface area contributed by atoms with Crippen LogP contribution in [0.5, 0.6) is 5.75 Å². The number of fused-ring (bicyclic) bond motifs is 1. The number of hydrogen-bond donors (Lipinski definition) is 1. The number of nitrogens with zero attached hydrogens (tertiary/aromatic N) is 1. The molecule has 2 aliphatic heterocycles. The van der Waals surface area contributed by atoms with Crippen molar-refractivity contribution < 1.29 is 14.3 Å². The number of carbonyl (C=O) groups is 1. The van der Waals surface area contributed by atoms with Crippen molar-refractivity contribution in [1.29, 1.82) is 0 Å². The van der Waals surface area contributed by atoms with Crippen LogP contribution in [-0.4, -0.2) is 50.3 Å². The molecule has 0 spiro atoms. The first-order valence-electron chi connectivity index (χ1n) is 7.66. The van der Waals surface area contributed by atoms with Crippen LogP contribution in [-0.2, 0) is 16.0 Å². The van der Waals surface area contributed by atoms with Crippen LogP contribution in [0, 0.1) is 0 Å². The van der Waals surface area contributed by atoms with Gasteiger partial charge in [-0.05, 0) is 30.2 Å². The maximum Gasteiger partial charge on any atom is 0.328 e. The standard InChI is InChI=1S/C16H22N2O3/c1-2-20-16(19)15(18-8-6-17-7-9-18)13-3-4-14-12(11-13)5-10-21-14/h3-4,11,15,17H,2,5-10H2,1H3. The van der Waals surface area contributed by atoms with Crippen molar-refractivity contribution in [3.8, 4) is 5.75 Å². The monoisotopic (exact) mass is 290 g/mol. The van der Waals surface area contributed by atoms with E-state index in [-0.39, 0.29) is 12.0 Å². The Hall–Kier alpha value is -1.59. The molecule has 0 aliphatic carbocycles. The molecule has 5 nitrogen and oxygen atoms in total. The molecule has 0 amide bonds. The SMILES string of the molecule is CCOC(=O)C(c1ccc2c(c1)CCO2)N1CCNCC1. The normalized spacial score (nSPS) is 19.7. The first kappa shape index (κ1) is 14.4. The number of rotatable bonds is 4. The Labute approximate surface area is 125 Å². The van der Waals surface area contributed by atoms with E-state index in [0.29, 0.717) is 6.61 Å². The van der Waals surface area contributed by atoms with Crippen molar-refractivity contribution in [2.75, 3.05) is 39.4 Å². The third-order valence-corrected chi connectivity index (χ3v) is 4.06. The maximum absolute atomic E-state index is 12.4. The highest BCUT2D eigenvalue weighted by Gasteiger charge is 2.30. The Bertz CT molecular complexity index is 512. The van der Waals surface area contributed by atoms with Crippen molar-refractivity contribution >= 4 is 5.97 Å². The van der Waals surface area contributed by atoms with Gasteiger partial charge in [0.15, 0.2) is 0 Å². The van der Waals surface area contributed by atoms with Gasteiger partial charge in [-0.3, -0.25) is 4.90 Å². The number of ether oxygens (including phenoxy) is 2. The lowest BCUT2D eigenvalue weighted by Crippen LogP contribution is -2.47. The van der Waals surface area contributed by atoms with Gasteiger partial charge in [0.25, 0.3) is 0 Å². The van der Waals surface area contributed by atoms with Gasteiger partial charge in [0.2, 0.25) is 0 Å². The van der Waals surface area contributed by atoms with Crippen LogP contribution in [0.3, 0.4) is 0 Å². The number of hydrogen-bond acceptors (Lipinski definition) is 5. The molecule has 21 heavy (non-hydrogen) atoms. The van der Waals surface area contributed by atoms with Gasteiger partial charge in [-0.15, -0.1) is 0 Å². The molecule has 1 saturated heterocycles. The summed E-state index contributed by atoms with van der Waals surface area (Å²) in [6, 6.07) is 5.77. The summed E-state index contributed by atoms with van der Waals surface area (Å²) in [6.07, 6.45) is 0.917. The number of carbonyl (C=O) groups excluding carboxylic acids is 1. The Kier molecular flexibility index (Phi) is 4.41. The summed E-state index contributed by atoms with van der Waals surface area (Å²) in [6.45, 7) is 6.53. The van der Waals surface area contributed by atoms with E-state index in [0.717, 1.165) is 50.5 Å². The Morgan fingerprint density at radius 3 is 3.00 bits per heavy atom. The second kappa shape index (κ2) is 6.45. The van der Waals surface area contributed by atoms with Crippen LogP contribution in [0.1, 0.15) is 24.1 Å². The molecule has 0 aromatic heterocycles. The lowest BCUT2D eigenvalue weighted by Gasteiger charge is -2.33. The third kappa shape index (κ3) is 3.04. The Morgan fingerprint density at radius 2 is 2.24 bits per heavy atom. The molecule has 1 atom stereocenters. The fourth-order valence-corrected chi connectivity index (χ4v) is 3.03. The van der Waals surface area contributed by atoms with Gasteiger partial charge >= 0.3 is 5.97 Å². The van der Waals surface area contributed by atoms with E-state index < -0.39 is 0 Å². The zero-order chi connectivity index (χ0) is 14.7. The van der Waals surface area contributed by atoms with Crippen molar-refractivity contribution in [2.45, 2.75) is 19.4 Å². The maximum atomic E-state index is 12.4. The number of piperazine rings is 1. The summed E-state index contributed by atoms with van der Waals surface area (Å²) in [7, 11) is 0. The Balaban J connectivity index is 1.88. The highest BCUT2D eigenvalue weighted by molar-refractivity contribution is 5.78. The minimum atomic E-state index is -0.307. The van der Waals surface area contributed by atoms with E-state index in [1.165, 1.54) is 5.56 Å². The molecule has 1 fully saturated rings. The molecule has 2 heterocycles. The van der Waals surface area contributed by atoms with Gasteiger partial charge in [-0.2, -0.15) is 0 Å². The molecule has 1 unspecified atom stereocenters. The van der Waals surface area contributed by atoms with Crippen LogP contribution < -0.4 is 10.1 Å². The predicted molar refractivity (Wildman–Crippen MR) is 79.5 cm³/mol. The molecule has 1 aromatic rings. The van der Waals surface area contributed by atoms with Crippen LogP contribution in [0.2, 0.25) is 0 Å². The average molecular weight is 290 g/mol. The molecule has 1 aromatic carbocycles. The zero-order valence-corrected chi connectivity index (χ0v) is 12.4. The lowest BCUT2D eigenvalue weighted by atomic mass is 10.0. The van der Waals surface area contributed by atoms with Crippen molar-refractivity contribution in [2.24, 2.45) is 0 Å². The Morgan fingerprint density at radius 1 is 1.43 bits per heavy atom. The fourth-order valence-electron chi connectivity index (χ4n) is 3.03. The van der Waals surface area contributed by atoms with Crippen molar-refractivity contribution in [3.05, 3.63) is 29.3 Å². The lowest BCUT2D eigenvalue weighted by molar-refractivity contribution is -0.150. The van der Waals surface area contributed by atoms with E-state index in [4.69, 9.17) is 9.47 Å². The number of nitrogens with one attached hydrogen (secondary N) is 1. The zero-order valence-electron chi connectivity index (χ0n) is 12.4. The molecular weight excluding hydrogens is 268 g/mol. The van der Waals surface area contributed by atoms with Crippen LogP contribution in [0.4, 0.5) is 0 Å². The molecular formula is C16H22N2O3. The van der Waals surface area contributed by atoms with Crippen LogP contribution >= 0.6 is 0 Å². The van der Waals surface area contributed by atoms with Gasteiger partial charge in [-0.25, -0.2) is 4.79 Å². The summed E-state index contributed by atoms with van der Waals surface area (Å²) in [5, 5.41) is 3.32. The van der Waals surface area contributed by atoms with Crippen LogP contribution in [0.25, 0.3) is 0 Å². The number of esters is 1. The van der Waals surface area contributed by atoms with E-state index in [1.54, 1.807) is 0 Å². The van der Waals surface area contributed by atoms with E-state index in [2.05, 4.69) is 16.3 Å². The van der Waals surface area contributed by atoms with Gasteiger partial charge in [0, 0.05) is 32.6 Å². The quantitative estimate of drug-likeness (QED) is 0.843. The second-order valence-electron chi connectivity index (χ2n) is 5.41. The smallest absolute Gasteiger partial charge is 0.328 e. The number of benzene rings is 1. The van der Waals surface area contributed by atoms with E-state index >= 15 is 0 Å². The predicted octanol–water partition coefficient (Wildman–Crippen LogP) is 1.13. The third-order valence-electron chi connectivity index (χ3n) is 4.06. The van der Waals surface area contributed by atoms with Crippen molar-refractivity contribution in [3.63, 3.8) is 0 Å². The minimum absolute atomic E-state index is 0.154. The first-order chi connectivity index (χ1) is 10.3. The summed E-state index contributed by atoms with van der Waals surface area (Å²) >= 11 is 0. The minimum Gasteiger partial charge on any atom is -0.493 e. The molecule has 0 radical (unpaired) electrons. The first-order valence-corrected chi connectivity index (χ1v) is 7.66. The van der Waals surface area contributed by atoms with Gasteiger partial charge in [0.05, 0.1) is 13.2 Å². The van der Waals surface area contributed by atoms with Gasteiger partial charge in [0.1, 0.15) is 11.8 Å². The van der Waals surface area contributed by atoms with Gasteiger partial charge < -0.3 is 14.8 Å². The molecule has 0 bridgehead atoms. The molecule has 5 heteroatoms. The molecule has 114 valence electrons. The molecule has 3 rings (SSSR count). The molecule has 0 saturated carbocycles. The van der Waals surface area contributed by atoms with E-state index in [9.17, 15) is 4.79 Å². The van der Waals surface area contributed by atoms with Gasteiger partial charge in [-0.1, -0.05) is 6.07 Å². The summed E-state index contributed by atoms with van der Waals surface area (Å²) in [4.78, 5) is 14.6. The average Bonchev–Trinajstić information content (AvgIpc) is 2.96. The fraction of sp³-hybridized carbons (Fsp3) is 0.562. The van der Waals surface area contributed by atoms with Crippen LogP contribution in [0.15, 0.2) is 18.2 Å². The summed E-state index contributed by atoms with van der Waals surface area (Å²) < 4.78 is 10.8. The highest BCUT2D eigenvalue weighted by Crippen LogP contribution is 2.31. The summed E-state index contributed by atoms with van der Waals surface area (Å²) in [5.74, 6) is 0.792. The summed E-state index contributed by atoms with van der Waals surface area (Å²) in [5.41, 5.74) is 2.21. The highest BCUT2D eigenvalue weighted by atomic mass is 16.5. The second-order valence-corrected chi connectivity index (χ2v) is 5.41. The molecule has 2 aliphatic rings. The largest absolute Gasteiger partial charge is 0.493 e. The van der Waals surface area contributed by atoms with Crippen molar-refractivity contribution in [1.82, 2.24) is 10.2 Å². The van der Waals surface area contributed by atoms with E-state index in [1.807, 2.05) is 19.1 Å². The molecule has 1 N–H and O–H groups in total.